The van der Waals surface area contributed by atoms with Gasteiger partial charge in [-0.05, 0) is 48.9 Å². The lowest BCUT2D eigenvalue weighted by Gasteiger charge is -2.40. The van der Waals surface area contributed by atoms with Crippen molar-refractivity contribution in [2.24, 2.45) is 5.92 Å². The van der Waals surface area contributed by atoms with Crippen molar-refractivity contribution in [3.05, 3.63) is 78.4 Å². The van der Waals surface area contributed by atoms with Gasteiger partial charge in [-0.2, -0.15) is 0 Å². The van der Waals surface area contributed by atoms with E-state index in [4.69, 9.17) is 18.9 Å². The number of carbonyl (C=O) groups excluding carboxylic acids is 2. The number of nitrogens with zero attached hydrogens (tertiary/aromatic N) is 1. The Morgan fingerprint density at radius 2 is 1.41 bits per heavy atom. The molecular weight excluding hydrogens is 434 g/mol. The largest absolute Gasteiger partial charge is 0.497 e. The highest BCUT2D eigenvalue weighted by Crippen LogP contribution is 2.44. The number of para-hydroxylation sites is 3. The first kappa shape index (κ1) is 23.2. The molecule has 7 heteroatoms. The number of piperidine rings is 1. The van der Waals surface area contributed by atoms with Crippen LogP contribution in [0, 0.1) is 5.92 Å². The maximum absolute atomic E-state index is 13.5. The molecule has 1 saturated heterocycles. The van der Waals surface area contributed by atoms with Crippen LogP contribution in [0.5, 0.6) is 23.0 Å². The van der Waals surface area contributed by atoms with Gasteiger partial charge in [-0.3, -0.25) is 9.59 Å². The van der Waals surface area contributed by atoms with Crippen LogP contribution in [0.15, 0.2) is 72.8 Å². The first-order valence-corrected chi connectivity index (χ1v) is 11.0. The number of hydrogen-bond acceptors (Lipinski definition) is 6. The predicted molar refractivity (Wildman–Crippen MR) is 128 cm³/mol. The molecule has 0 aliphatic carbocycles. The van der Waals surface area contributed by atoms with Crippen LogP contribution in [-0.2, 0) is 9.59 Å². The number of amides is 1. The summed E-state index contributed by atoms with van der Waals surface area (Å²) in [5, 5.41) is 0. The van der Waals surface area contributed by atoms with Crippen LogP contribution in [0.1, 0.15) is 24.4 Å². The summed E-state index contributed by atoms with van der Waals surface area (Å²) in [5.41, 5.74) is 1.40. The molecule has 0 N–H and O–H groups in total. The molecule has 1 amide bonds. The Hall–Kier alpha value is -4.00. The third-order valence-electron chi connectivity index (χ3n) is 5.99. The van der Waals surface area contributed by atoms with Crippen molar-refractivity contribution < 1.29 is 28.5 Å². The molecule has 0 saturated carbocycles. The van der Waals surface area contributed by atoms with Crippen molar-refractivity contribution in [1.29, 1.82) is 0 Å². The van der Waals surface area contributed by atoms with Gasteiger partial charge in [0.15, 0.2) is 11.5 Å². The van der Waals surface area contributed by atoms with Gasteiger partial charge < -0.3 is 23.8 Å². The first-order valence-electron chi connectivity index (χ1n) is 11.0. The van der Waals surface area contributed by atoms with Crippen LogP contribution in [0.3, 0.4) is 0 Å². The third-order valence-corrected chi connectivity index (χ3v) is 5.99. The van der Waals surface area contributed by atoms with Crippen molar-refractivity contribution in [2.45, 2.75) is 18.9 Å². The summed E-state index contributed by atoms with van der Waals surface area (Å²) in [7, 11) is 4.68. The number of hydrogen-bond donors (Lipinski definition) is 0. The second-order valence-electron chi connectivity index (χ2n) is 7.87. The molecule has 3 aromatic rings. The van der Waals surface area contributed by atoms with Gasteiger partial charge in [0.25, 0.3) is 0 Å². The Kier molecular flexibility index (Phi) is 7.01. The first-order chi connectivity index (χ1) is 16.6. The molecule has 0 spiro atoms. The second kappa shape index (κ2) is 10.3. The molecule has 7 nitrogen and oxygen atoms in total. The smallest absolute Gasteiger partial charge is 0.316 e. The SMILES string of the molecule is COc1ccc(N2C(=O)CCC(C(=O)Oc3ccccc3OC)C2c2ccccc2OC)cc1. The van der Waals surface area contributed by atoms with Crippen LogP contribution in [0.4, 0.5) is 5.69 Å². The fourth-order valence-electron chi connectivity index (χ4n) is 4.34. The van der Waals surface area contributed by atoms with E-state index in [1.807, 2.05) is 36.4 Å². The van der Waals surface area contributed by atoms with Gasteiger partial charge in [-0.15, -0.1) is 0 Å². The topological polar surface area (TPSA) is 74.3 Å². The molecule has 0 aromatic heterocycles. The highest BCUT2D eigenvalue weighted by Gasteiger charge is 2.43. The minimum absolute atomic E-state index is 0.0811. The molecule has 1 heterocycles. The van der Waals surface area contributed by atoms with E-state index in [9.17, 15) is 9.59 Å². The highest BCUT2D eigenvalue weighted by atomic mass is 16.6. The van der Waals surface area contributed by atoms with E-state index in [1.54, 1.807) is 55.5 Å². The van der Waals surface area contributed by atoms with Gasteiger partial charge in [0, 0.05) is 17.7 Å². The summed E-state index contributed by atoms with van der Waals surface area (Å²) in [4.78, 5) is 28.4. The van der Waals surface area contributed by atoms with Gasteiger partial charge in [-0.25, -0.2) is 0 Å². The fourth-order valence-corrected chi connectivity index (χ4v) is 4.34. The summed E-state index contributed by atoms with van der Waals surface area (Å²) in [6.07, 6.45) is 0.561. The second-order valence-corrected chi connectivity index (χ2v) is 7.87. The van der Waals surface area contributed by atoms with Crippen molar-refractivity contribution in [3.63, 3.8) is 0 Å². The Morgan fingerprint density at radius 1 is 0.794 bits per heavy atom. The normalized spacial score (nSPS) is 17.7. The summed E-state index contributed by atoms with van der Waals surface area (Å²) < 4.78 is 22.0. The van der Waals surface area contributed by atoms with E-state index in [0.717, 1.165) is 5.56 Å². The van der Waals surface area contributed by atoms with Crippen molar-refractivity contribution in [3.8, 4) is 23.0 Å². The van der Waals surface area contributed by atoms with Gasteiger partial charge in [0.05, 0.1) is 33.3 Å². The average Bonchev–Trinajstić information content (AvgIpc) is 2.88. The predicted octanol–water partition coefficient (Wildman–Crippen LogP) is 4.80. The van der Waals surface area contributed by atoms with Crippen molar-refractivity contribution in [1.82, 2.24) is 0 Å². The minimum atomic E-state index is -0.624. The highest BCUT2D eigenvalue weighted by molar-refractivity contribution is 5.97. The zero-order chi connectivity index (χ0) is 24.1. The monoisotopic (exact) mass is 461 g/mol. The molecule has 1 aliphatic rings. The van der Waals surface area contributed by atoms with Crippen LogP contribution in [0.2, 0.25) is 0 Å². The molecule has 2 atom stereocenters. The number of carbonyl (C=O) groups is 2. The lowest BCUT2D eigenvalue weighted by atomic mass is 9.83. The molecule has 2 unspecified atom stereocenters. The Morgan fingerprint density at radius 3 is 2.06 bits per heavy atom. The maximum atomic E-state index is 13.5. The molecule has 4 rings (SSSR count). The molecule has 0 bridgehead atoms. The molecule has 176 valence electrons. The number of rotatable bonds is 7. The Labute approximate surface area is 198 Å². The minimum Gasteiger partial charge on any atom is -0.497 e. The van der Waals surface area contributed by atoms with E-state index in [-0.39, 0.29) is 12.3 Å². The Balaban J connectivity index is 1.78. The van der Waals surface area contributed by atoms with E-state index < -0.39 is 17.9 Å². The van der Waals surface area contributed by atoms with Crippen molar-refractivity contribution >= 4 is 17.6 Å². The van der Waals surface area contributed by atoms with Crippen LogP contribution < -0.4 is 23.8 Å². The summed E-state index contributed by atoms with van der Waals surface area (Å²) >= 11 is 0. The zero-order valence-electron chi connectivity index (χ0n) is 19.4. The van der Waals surface area contributed by atoms with Crippen LogP contribution in [-0.4, -0.2) is 33.2 Å². The number of esters is 1. The summed E-state index contributed by atoms with van der Waals surface area (Å²) in [6.45, 7) is 0. The Bertz CT molecular complexity index is 1160. The zero-order valence-corrected chi connectivity index (χ0v) is 19.4. The quantitative estimate of drug-likeness (QED) is 0.372. The van der Waals surface area contributed by atoms with Crippen LogP contribution >= 0.6 is 0 Å². The number of ether oxygens (including phenoxy) is 4. The molecule has 1 aliphatic heterocycles. The van der Waals surface area contributed by atoms with Gasteiger partial charge in [-0.1, -0.05) is 30.3 Å². The maximum Gasteiger partial charge on any atom is 0.316 e. The molecule has 0 radical (unpaired) electrons. The molecule has 34 heavy (non-hydrogen) atoms. The average molecular weight is 462 g/mol. The lowest BCUT2D eigenvalue weighted by molar-refractivity contribution is -0.141. The molecule has 3 aromatic carbocycles. The molecule has 1 fully saturated rings. The van der Waals surface area contributed by atoms with Gasteiger partial charge in [0.2, 0.25) is 5.91 Å². The fraction of sp³-hybridized carbons (Fsp3) is 0.259. The van der Waals surface area contributed by atoms with Gasteiger partial charge in [0.1, 0.15) is 11.5 Å². The summed E-state index contributed by atoms with van der Waals surface area (Å²) in [5.74, 6) is 0.921. The van der Waals surface area contributed by atoms with E-state index in [2.05, 4.69) is 0 Å². The van der Waals surface area contributed by atoms with E-state index in [0.29, 0.717) is 35.1 Å². The summed E-state index contributed by atoms with van der Waals surface area (Å²) in [6, 6.07) is 21.0. The van der Waals surface area contributed by atoms with Gasteiger partial charge >= 0.3 is 5.97 Å². The lowest BCUT2D eigenvalue weighted by Crippen LogP contribution is -2.46. The number of benzene rings is 3. The standard InChI is InChI=1S/C27H27NO6/c1-31-19-14-12-18(13-15-19)28-25(29)17-16-21(26(28)20-8-4-5-9-22(20)32-2)27(30)34-24-11-7-6-10-23(24)33-3/h4-15,21,26H,16-17H2,1-3H3. The van der Waals surface area contributed by atoms with Crippen molar-refractivity contribution in [2.75, 3.05) is 26.2 Å². The van der Waals surface area contributed by atoms with E-state index in [1.165, 1.54) is 7.11 Å². The number of anilines is 1. The van der Waals surface area contributed by atoms with Crippen LogP contribution in [0.25, 0.3) is 0 Å². The molecular formula is C27H27NO6. The van der Waals surface area contributed by atoms with E-state index >= 15 is 0 Å². The third kappa shape index (κ3) is 4.55. The number of methoxy groups -OCH3 is 3.